The summed E-state index contributed by atoms with van der Waals surface area (Å²) in [4.78, 5) is 11.5. The van der Waals surface area contributed by atoms with Crippen LogP contribution in [-0.2, 0) is 13.6 Å². The Kier molecular flexibility index (Phi) is 4.78. The molecule has 0 radical (unpaired) electrons. The number of nitrogens with zero attached hydrogens (tertiary/aromatic N) is 2. The molecule has 0 saturated carbocycles. The van der Waals surface area contributed by atoms with E-state index in [1.54, 1.807) is 17.9 Å². The van der Waals surface area contributed by atoms with Gasteiger partial charge in [-0.25, -0.2) is 4.79 Å². The van der Waals surface area contributed by atoms with Crippen LogP contribution in [0.5, 0.6) is 0 Å². The maximum Gasteiger partial charge on any atom is 0.320 e. The van der Waals surface area contributed by atoms with Gasteiger partial charge in [0.1, 0.15) is 0 Å². The van der Waals surface area contributed by atoms with E-state index in [2.05, 4.69) is 22.7 Å². The Morgan fingerprint density at radius 1 is 1.62 bits per heavy atom. The third kappa shape index (κ3) is 3.54. The van der Waals surface area contributed by atoms with Crippen LogP contribution in [0.1, 0.15) is 25.3 Å². The first kappa shape index (κ1) is 12.5. The summed E-state index contributed by atoms with van der Waals surface area (Å²) >= 11 is 0. The van der Waals surface area contributed by atoms with Gasteiger partial charge >= 0.3 is 6.03 Å². The van der Waals surface area contributed by atoms with Crippen molar-refractivity contribution < 1.29 is 4.79 Å². The fraction of sp³-hybridized carbons (Fsp3) is 0.600. The van der Waals surface area contributed by atoms with Gasteiger partial charge in [-0.2, -0.15) is 5.10 Å². The minimum absolute atomic E-state index is 0.234. The minimum Gasteiger partial charge on any atom is -0.338 e. The van der Waals surface area contributed by atoms with Crippen molar-refractivity contribution in [1.82, 2.24) is 15.1 Å². The molecule has 0 fully saturated rings. The molecule has 90 valence electrons. The highest BCUT2D eigenvalue weighted by molar-refractivity contribution is 5.88. The summed E-state index contributed by atoms with van der Waals surface area (Å²) in [7, 11) is 1.79. The van der Waals surface area contributed by atoms with Crippen LogP contribution in [0.4, 0.5) is 10.6 Å². The maximum absolute atomic E-state index is 11.5. The Hall–Kier alpha value is -1.56. The quantitative estimate of drug-likeness (QED) is 0.648. The van der Waals surface area contributed by atoms with Crippen molar-refractivity contribution in [2.75, 3.05) is 11.9 Å². The van der Waals surface area contributed by atoms with Gasteiger partial charge in [-0.1, -0.05) is 13.3 Å². The van der Waals surface area contributed by atoms with Crippen molar-refractivity contribution in [3.8, 4) is 0 Å². The second-order valence-corrected chi connectivity index (χ2v) is 3.62. The summed E-state index contributed by atoms with van der Waals surface area (Å²) in [5.41, 5.74) is 6.36. The molecule has 6 heteroatoms. The third-order valence-corrected chi connectivity index (χ3v) is 2.17. The van der Waals surface area contributed by atoms with Crippen LogP contribution < -0.4 is 16.4 Å². The molecule has 0 spiro atoms. The Labute approximate surface area is 95.2 Å². The van der Waals surface area contributed by atoms with E-state index >= 15 is 0 Å². The van der Waals surface area contributed by atoms with Crippen molar-refractivity contribution in [3.05, 3.63) is 11.8 Å². The molecule has 0 aliphatic heterocycles. The minimum atomic E-state index is -0.234. The molecule has 2 amide bonds. The highest BCUT2D eigenvalue weighted by atomic mass is 16.2. The molecule has 0 atom stereocenters. The number of nitrogens with two attached hydrogens (primary N) is 1. The number of anilines is 1. The number of unbranched alkanes of at least 4 members (excludes halogenated alkanes) is 1. The zero-order valence-electron chi connectivity index (χ0n) is 9.79. The van der Waals surface area contributed by atoms with E-state index in [0.29, 0.717) is 18.9 Å². The van der Waals surface area contributed by atoms with Crippen molar-refractivity contribution in [3.63, 3.8) is 0 Å². The normalized spacial score (nSPS) is 10.2. The van der Waals surface area contributed by atoms with Gasteiger partial charge in [-0.05, 0) is 6.42 Å². The molecule has 0 saturated heterocycles. The Bertz CT molecular complexity index is 347. The summed E-state index contributed by atoms with van der Waals surface area (Å²) in [5.74, 6) is 0.527. The first-order valence-electron chi connectivity index (χ1n) is 5.44. The standard InChI is InChI=1S/C10H19N5O/c1-3-4-5-12-10(16)13-9-8(6-11)7-15(2)14-9/h7H,3-6,11H2,1-2H3,(H2,12,13,14,16). The zero-order chi connectivity index (χ0) is 12.0. The van der Waals surface area contributed by atoms with Crippen LogP contribution >= 0.6 is 0 Å². The second kappa shape index (κ2) is 6.12. The number of aryl methyl sites for hydroxylation is 1. The van der Waals surface area contributed by atoms with Gasteiger partial charge in [0.05, 0.1) is 0 Å². The zero-order valence-corrected chi connectivity index (χ0v) is 9.79. The molecule has 1 aromatic rings. The Balaban J connectivity index is 2.48. The number of hydrogen-bond acceptors (Lipinski definition) is 3. The van der Waals surface area contributed by atoms with Gasteiger partial charge < -0.3 is 11.1 Å². The molecule has 1 aromatic heterocycles. The van der Waals surface area contributed by atoms with E-state index < -0.39 is 0 Å². The lowest BCUT2D eigenvalue weighted by Crippen LogP contribution is -2.30. The van der Waals surface area contributed by atoms with Gasteiger partial charge in [-0.15, -0.1) is 0 Å². The smallest absolute Gasteiger partial charge is 0.320 e. The summed E-state index contributed by atoms with van der Waals surface area (Å²) in [5, 5.41) is 9.55. The Morgan fingerprint density at radius 3 is 3.00 bits per heavy atom. The van der Waals surface area contributed by atoms with Crippen LogP contribution in [-0.4, -0.2) is 22.4 Å². The maximum atomic E-state index is 11.5. The van der Waals surface area contributed by atoms with Crippen LogP contribution in [0.3, 0.4) is 0 Å². The van der Waals surface area contributed by atoms with Crippen LogP contribution in [0, 0.1) is 0 Å². The van der Waals surface area contributed by atoms with E-state index in [9.17, 15) is 4.79 Å². The molecule has 0 aliphatic rings. The first-order valence-corrected chi connectivity index (χ1v) is 5.44. The first-order chi connectivity index (χ1) is 7.67. The SMILES string of the molecule is CCCCNC(=O)Nc1nn(C)cc1CN. The van der Waals surface area contributed by atoms with Gasteiger partial charge in [0, 0.05) is 31.9 Å². The lowest BCUT2D eigenvalue weighted by Gasteiger charge is -2.05. The number of aromatic nitrogens is 2. The van der Waals surface area contributed by atoms with Crippen LogP contribution in [0.25, 0.3) is 0 Å². The number of carbonyl (C=O) groups excluding carboxylic acids is 1. The summed E-state index contributed by atoms with van der Waals surface area (Å²) in [6, 6.07) is -0.234. The topological polar surface area (TPSA) is 85.0 Å². The van der Waals surface area contributed by atoms with Gasteiger partial charge in [-0.3, -0.25) is 10.00 Å². The number of rotatable bonds is 5. The van der Waals surface area contributed by atoms with Crippen molar-refractivity contribution >= 4 is 11.8 Å². The van der Waals surface area contributed by atoms with Crippen molar-refractivity contribution in [2.45, 2.75) is 26.3 Å². The predicted molar refractivity (Wildman–Crippen MR) is 63.0 cm³/mol. The van der Waals surface area contributed by atoms with E-state index in [1.165, 1.54) is 0 Å². The fourth-order valence-electron chi connectivity index (χ4n) is 1.32. The molecule has 0 aliphatic carbocycles. The summed E-state index contributed by atoms with van der Waals surface area (Å²) in [6.45, 7) is 3.11. The highest BCUT2D eigenvalue weighted by Gasteiger charge is 2.08. The molecule has 0 bridgehead atoms. The van der Waals surface area contributed by atoms with Gasteiger partial charge in [0.2, 0.25) is 0 Å². The van der Waals surface area contributed by atoms with E-state index in [0.717, 1.165) is 18.4 Å². The molecule has 0 aromatic carbocycles. The largest absolute Gasteiger partial charge is 0.338 e. The molecule has 4 N–H and O–H groups in total. The molecule has 1 rings (SSSR count). The van der Waals surface area contributed by atoms with E-state index in [1.807, 2.05) is 0 Å². The molecular weight excluding hydrogens is 206 g/mol. The highest BCUT2D eigenvalue weighted by Crippen LogP contribution is 2.10. The number of hydrogen-bond donors (Lipinski definition) is 3. The molecule has 0 unspecified atom stereocenters. The molecule has 6 nitrogen and oxygen atoms in total. The Morgan fingerprint density at radius 2 is 2.38 bits per heavy atom. The van der Waals surface area contributed by atoms with E-state index in [4.69, 9.17) is 5.73 Å². The molecule has 1 heterocycles. The fourth-order valence-corrected chi connectivity index (χ4v) is 1.32. The summed E-state index contributed by atoms with van der Waals surface area (Å²) < 4.78 is 1.63. The van der Waals surface area contributed by atoms with Crippen molar-refractivity contribution in [2.24, 2.45) is 12.8 Å². The number of amides is 2. The average molecular weight is 225 g/mol. The molecule has 16 heavy (non-hydrogen) atoms. The predicted octanol–water partition coefficient (Wildman–Crippen LogP) is 0.800. The van der Waals surface area contributed by atoms with Gasteiger partial charge in [0.15, 0.2) is 5.82 Å². The van der Waals surface area contributed by atoms with Crippen LogP contribution in [0.2, 0.25) is 0 Å². The average Bonchev–Trinajstić information content (AvgIpc) is 2.59. The van der Waals surface area contributed by atoms with Gasteiger partial charge in [0.25, 0.3) is 0 Å². The monoisotopic (exact) mass is 225 g/mol. The number of carbonyl (C=O) groups is 1. The third-order valence-electron chi connectivity index (χ3n) is 2.17. The summed E-state index contributed by atoms with van der Waals surface area (Å²) in [6.07, 6.45) is 3.82. The number of nitrogens with one attached hydrogen (secondary N) is 2. The lowest BCUT2D eigenvalue weighted by molar-refractivity contribution is 0.252. The van der Waals surface area contributed by atoms with E-state index in [-0.39, 0.29) is 6.03 Å². The lowest BCUT2D eigenvalue weighted by atomic mass is 10.3. The van der Waals surface area contributed by atoms with Crippen LogP contribution in [0.15, 0.2) is 6.20 Å². The second-order valence-electron chi connectivity index (χ2n) is 3.62. The number of urea groups is 1. The molecular formula is C10H19N5O. The van der Waals surface area contributed by atoms with Crippen molar-refractivity contribution in [1.29, 1.82) is 0 Å².